The molecule has 0 amide bonds. The van der Waals surface area contributed by atoms with Crippen LogP contribution in [0.15, 0.2) is 36.7 Å². The lowest BCUT2D eigenvalue weighted by Crippen LogP contribution is -1.99. The molecule has 4 nitrogen and oxygen atoms in total. The third-order valence-corrected chi connectivity index (χ3v) is 3.59. The lowest BCUT2D eigenvalue weighted by molar-refractivity contribution is 0.771. The minimum Gasteiger partial charge on any atom is -0.382 e. The molecule has 3 rings (SSSR count). The van der Waals surface area contributed by atoms with E-state index in [0.717, 1.165) is 18.7 Å². The average molecular weight is 254 g/mol. The highest BCUT2D eigenvalue weighted by Crippen LogP contribution is 2.21. The molecule has 3 aromatic rings. The van der Waals surface area contributed by atoms with Gasteiger partial charge in [-0.3, -0.25) is 0 Å². The summed E-state index contributed by atoms with van der Waals surface area (Å²) in [6, 6.07) is 8.49. The first kappa shape index (κ1) is 11.8. The molecule has 0 spiro atoms. The highest BCUT2D eigenvalue weighted by molar-refractivity contribution is 5.83. The van der Waals surface area contributed by atoms with Gasteiger partial charge in [-0.1, -0.05) is 18.2 Å². The van der Waals surface area contributed by atoms with Gasteiger partial charge in [0.15, 0.2) is 0 Å². The molecule has 0 saturated heterocycles. The van der Waals surface area contributed by atoms with Crippen LogP contribution in [-0.4, -0.2) is 14.1 Å². The Bertz CT molecular complexity index is 721. The Hall–Kier alpha value is -2.23. The lowest BCUT2D eigenvalue weighted by Gasteiger charge is -2.00. The molecular weight excluding hydrogens is 236 g/mol. The summed E-state index contributed by atoms with van der Waals surface area (Å²) in [6.45, 7) is 0. The van der Waals surface area contributed by atoms with Gasteiger partial charge in [0, 0.05) is 43.8 Å². The SMILES string of the molecule is Cn1cc(N)nc1CCc1cn(C)c2ccccc12. The smallest absolute Gasteiger partial charge is 0.141 e. The molecule has 0 radical (unpaired) electrons. The first-order valence-electron chi connectivity index (χ1n) is 6.46. The van der Waals surface area contributed by atoms with Crippen LogP contribution in [-0.2, 0) is 26.9 Å². The van der Waals surface area contributed by atoms with Gasteiger partial charge in [0.05, 0.1) is 0 Å². The van der Waals surface area contributed by atoms with Crippen molar-refractivity contribution in [2.75, 3.05) is 5.73 Å². The maximum absolute atomic E-state index is 5.71. The summed E-state index contributed by atoms with van der Waals surface area (Å²) >= 11 is 0. The zero-order chi connectivity index (χ0) is 13.4. The number of fused-ring (bicyclic) bond motifs is 1. The van der Waals surface area contributed by atoms with E-state index in [0.29, 0.717) is 5.82 Å². The Morgan fingerprint density at radius 1 is 1.05 bits per heavy atom. The van der Waals surface area contributed by atoms with Gasteiger partial charge in [0.25, 0.3) is 0 Å². The van der Waals surface area contributed by atoms with Crippen LogP contribution in [0.25, 0.3) is 10.9 Å². The number of anilines is 1. The summed E-state index contributed by atoms with van der Waals surface area (Å²) in [6.07, 6.45) is 5.95. The first-order valence-corrected chi connectivity index (χ1v) is 6.46. The van der Waals surface area contributed by atoms with Crippen LogP contribution in [0.3, 0.4) is 0 Å². The predicted octanol–water partition coefficient (Wildman–Crippen LogP) is 2.28. The number of aryl methyl sites for hydroxylation is 4. The second-order valence-electron chi connectivity index (χ2n) is 4.98. The van der Waals surface area contributed by atoms with Gasteiger partial charge >= 0.3 is 0 Å². The number of aromatic nitrogens is 3. The van der Waals surface area contributed by atoms with Gasteiger partial charge in [-0.2, -0.15) is 0 Å². The van der Waals surface area contributed by atoms with E-state index in [9.17, 15) is 0 Å². The van der Waals surface area contributed by atoms with Crippen molar-refractivity contribution in [3.63, 3.8) is 0 Å². The van der Waals surface area contributed by atoms with E-state index >= 15 is 0 Å². The number of imidazole rings is 1. The molecule has 1 aromatic carbocycles. The van der Waals surface area contributed by atoms with Gasteiger partial charge in [0.1, 0.15) is 11.6 Å². The summed E-state index contributed by atoms with van der Waals surface area (Å²) in [7, 11) is 4.08. The molecule has 2 heterocycles. The van der Waals surface area contributed by atoms with Crippen molar-refractivity contribution in [1.29, 1.82) is 0 Å². The fraction of sp³-hybridized carbons (Fsp3) is 0.267. The first-order chi connectivity index (χ1) is 9.15. The number of benzene rings is 1. The number of nitrogens with zero attached hydrogens (tertiary/aromatic N) is 3. The number of hydrogen-bond acceptors (Lipinski definition) is 2. The van der Waals surface area contributed by atoms with Crippen molar-refractivity contribution in [3.05, 3.63) is 48.0 Å². The zero-order valence-electron chi connectivity index (χ0n) is 11.3. The number of nitrogen functional groups attached to an aromatic ring is 1. The molecule has 2 N–H and O–H groups in total. The fourth-order valence-electron chi connectivity index (χ4n) is 2.63. The Morgan fingerprint density at radius 2 is 1.84 bits per heavy atom. The standard InChI is InChI=1S/C15H18N4/c1-18-9-11(12-5-3-4-6-13(12)18)7-8-15-17-14(16)10-19(15)2/h3-6,9-10H,7-8,16H2,1-2H3. The molecule has 19 heavy (non-hydrogen) atoms. The number of nitrogens with two attached hydrogens (primary N) is 1. The largest absolute Gasteiger partial charge is 0.382 e. The molecule has 0 aliphatic carbocycles. The van der Waals surface area contributed by atoms with Gasteiger partial charge in [-0.25, -0.2) is 4.98 Å². The maximum atomic E-state index is 5.71. The van der Waals surface area contributed by atoms with Crippen molar-refractivity contribution in [2.24, 2.45) is 14.1 Å². The van der Waals surface area contributed by atoms with Crippen LogP contribution >= 0.6 is 0 Å². The summed E-state index contributed by atoms with van der Waals surface area (Å²) in [5.41, 5.74) is 8.34. The quantitative estimate of drug-likeness (QED) is 0.779. The van der Waals surface area contributed by atoms with Gasteiger partial charge in [0.2, 0.25) is 0 Å². The van der Waals surface area contributed by atoms with Crippen molar-refractivity contribution >= 4 is 16.7 Å². The van der Waals surface area contributed by atoms with E-state index in [1.165, 1.54) is 16.5 Å². The molecule has 0 aliphatic rings. The Labute approximate surface area is 112 Å². The molecule has 98 valence electrons. The summed E-state index contributed by atoms with van der Waals surface area (Å²) < 4.78 is 4.18. The third-order valence-electron chi connectivity index (χ3n) is 3.59. The average Bonchev–Trinajstić information content (AvgIpc) is 2.88. The second-order valence-corrected chi connectivity index (χ2v) is 4.98. The molecule has 0 aliphatic heterocycles. The monoisotopic (exact) mass is 254 g/mol. The van der Waals surface area contributed by atoms with E-state index in [2.05, 4.69) is 47.1 Å². The minimum absolute atomic E-state index is 0.593. The molecule has 4 heteroatoms. The highest BCUT2D eigenvalue weighted by atomic mass is 15.1. The van der Waals surface area contributed by atoms with Gasteiger partial charge in [-0.05, 0) is 18.1 Å². The normalized spacial score (nSPS) is 11.3. The van der Waals surface area contributed by atoms with Crippen LogP contribution < -0.4 is 5.73 Å². The number of rotatable bonds is 3. The van der Waals surface area contributed by atoms with Crippen molar-refractivity contribution < 1.29 is 0 Å². The Morgan fingerprint density at radius 3 is 2.58 bits per heavy atom. The van der Waals surface area contributed by atoms with Crippen molar-refractivity contribution in [1.82, 2.24) is 14.1 Å². The molecular formula is C15H18N4. The molecule has 2 aromatic heterocycles. The molecule has 0 unspecified atom stereocenters. The van der Waals surface area contributed by atoms with Crippen LogP contribution in [0.1, 0.15) is 11.4 Å². The number of hydrogen-bond donors (Lipinski definition) is 1. The van der Waals surface area contributed by atoms with Crippen molar-refractivity contribution in [3.8, 4) is 0 Å². The minimum atomic E-state index is 0.593. The second kappa shape index (κ2) is 4.46. The summed E-state index contributed by atoms with van der Waals surface area (Å²) in [5, 5.41) is 1.33. The topological polar surface area (TPSA) is 48.8 Å². The summed E-state index contributed by atoms with van der Waals surface area (Å²) in [5.74, 6) is 1.63. The highest BCUT2D eigenvalue weighted by Gasteiger charge is 2.08. The molecule has 0 saturated carbocycles. The Balaban J connectivity index is 1.88. The van der Waals surface area contributed by atoms with Crippen LogP contribution in [0.2, 0.25) is 0 Å². The lowest BCUT2D eigenvalue weighted by atomic mass is 10.1. The van der Waals surface area contributed by atoms with Crippen LogP contribution in [0.4, 0.5) is 5.82 Å². The molecule has 0 fully saturated rings. The Kier molecular flexibility index (Phi) is 2.78. The number of para-hydroxylation sites is 1. The van der Waals surface area contributed by atoms with Crippen LogP contribution in [0.5, 0.6) is 0 Å². The van der Waals surface area contributed by atoms with E-state index in [4.69, 9.17) is 5.73 Å². The van der Waals surface area contributed by atoms with E-state index in [1.54, 1.807) is 0 Å². The third kappa shape index (κ3) is 2.10. The van der Waals surface area contributed by atoms with Crippen molar-refractivity contribution in [2.45, 2.75) is 12.8 Å². The molecule has 0 bridgehead atoms. The fourth-order valence-corrected chi connectivity index (χ4v) is 2.63. The maximum Gasteiger partial charge on any atom is 0.141 e. The summed E-state index contributed by atoms with van der Waals surface area (Å²) in [4.78, 5) is 4.35. The zero-order valence-corrected chi connectivity index (χ0v) is 11.3. The molecule has 0 atom stereocenters. The van der Waals surface area contributed by atoms with Gasteiger partial charge in [-0.15, -0.1) is 0 Å². The van der Waals surface area contributed by atoms with Gasteiger partial charge < -0.3 is 14.9 Å². The van der Waals surface area contributed by atoms with E-state index in [-0.39, 0.29) is 0 Å². The van der Waals surface area contributed by atoms with E-state index < -0.39 is 0 Å². The van der Waals surface area contributed by atoms with Crippen LogP contribution in [0, 0.1) is 0 Å². The van der Waals surface area contributed by atoms with E-state index in [1.807, 2.05) is 17.8 Å². The predicted molar refractivity (Wildman–Crippen MR) is 77.9 cm³/mol.